The van der Waals surface area contributed by atoms with Gasteiger partial charge in [-0.25, -0.2) is 0 Å². The van der Waals surface area contributed by atoms with Crippen molar-refractivity contribution < 1.29 is 69.8 Å². The molecule has 6 heteroatoms. The van der Waals surface area contributed by atoms with E-state index in [1.165, 1.54) is 0 Å². The molecule has 0 rings (SSSR count). The first-order valence-corrected chi connectivity index (χ1v) is 0. The number of hydrogen-bond donors (Lipinski definition) is 0. The fourth-order valence-corrected chi connectivity index (χ4v) is 0. The normalized spacial score (nSPS) is 0. The van der Waals surface area contributed by atoms with E-state index in [0.29, 0.717) is 0 Å². The summed E-state index contributed by atoms with van der Waals surface area (Å²) < 4.78 is 0. The topological polar surface area (TPSA) is 114 Å². The van der Waals surface area contributed by atoms with Gasteiger partial charge in [-0.3, -0.25) is 0 Å². The summed E-state index contributed by atoms with van der Waals surface area (Å²) >= 11 is 0. The van der Waals surface area contributed by atoms with Gasteiger partial charge in [0, 0.05) is 31.1 Å². The van der Waals surface area contributed by atoms with Gasteiger partial charge in [0.1, 0.15) is 0 Å². The summed E-state index contributed by atoms with van der Waals surface area (Å²) in [6.07, 6.45) is 0. The van der Waals surface area contributed by atoms with Gasteiger partial charge >= 0.3 is 16.8 Å². The van der Waals surface area contributed by atoms with Gasteiger partial charge in [-0.2, -0.15) is 0 Å². The van der Waals surface area contributed by atoms with Crippen LogP contribution in [0.1, 0.15) is 0 Å². The second kappa shape index (κ2) is 95.4. The summed E-state index contributed by atoms with van der Waals surface area (Å²) in [5.74, 6) is 0. The third kappa shape index (κ3) is 53.4. The summed E-state index contributed by atoms with van der Waals surface area (Å²) in [5.41, 5.74) is 0. The molecular formula is CoO4U-6. The Morgan fingerprint density at radius 1 is 0.500 bits per heavy atom. The maximum Gasteiger partial charge on any atom is 2.00 e. The first-order chi connectivity index (χ1) is 0. The maximum atomic E-state index is 0. The molecule has 0 atom stereocenters. The molecule has 0 aromatic heterocycles. The molecule has 0 aliphatic heterocycles. The smallest absolute Gasteiger partial charge is 2.00 e. The molecule has 0 aliphatic carbocycles. The van der Waals surface area contributed by atoms with Gasteiger partial charge in [0.15, 0.2) is 0 Å². The molecule has 6 heavy (non-hydrogen) atoms. The maximum absolute atomic E-state index is 0. The number of rotatable bonds is 0. The zero-order valence-electron chi connectivity index (χ0n) is 2.47. The number of hydrogen-bond acceptors (Lipinski definition) is 0. The van der Waals surface area contributed by atoms with E-state index in [4.69, 9.17) is 0 Å². The van der Waals surface area contributed by atoms with Crippen LogP contribution in [0, 0.1) is 31.1 Å². The van der Waals surface area contributed by atoms with Crippen LogP contribution in [0.4, 0.5) is 0 Å². The van der Waals surface area contributed by atoms with E-state index in [0.717, 1.165) is 0 Å². The quantitative estimate of drug-likeness (QED) is 0.555. The minimum absolute atomic E-state index is 0. The van der Waals surface area contributed by atoms with E-state index >= 15 is 0 Å². The van der Waals surface area contributed by atoms with E-state index in [-0.39, 0.29) is 69.8 Å². The molecule has 0 amide bonds. The molecule has 43 valence electrons. The summed E-state index contributed by atoms with van der Waals surface area (Å²) in [6, 6.07) is 0. The Morgan fingerprint density at radius 2 is 0.500 bits per heavy atom. The summed E-state index contributed by atoms with van der Waals surface area (Å²) in [6.45, 7) is 0. The Bertz CT molecular complexity index is 7.51. The second-order valence-corrected chi connectivity index (χ2v) is 0. The molecule has 0 bridgehead atoms. The van der Waals surface area contributed by atoms with Gasteiger partial charge in [0.25, 0.3) is 0 Å². The molecule has 0 aromatic rings. The Labute approximate surface area is 69.5 Å². The largest absolute Gasteiger partial charge is 2.00 e. The van der Waals surface area contributed by atoms with Crippen molar-refractivity contribution in [2.75, 3.05) is 0 Å². The Kier molecular flexibility index (Phi) is 2460. The summed E-state index contributed by atoms with van der Waals surface area (Å²) in [7, 11) is 0. The van der Waals surface area contributed by atoms with Crippen LogP contribution in [-0.4, -0.2) is 0 Å². The average Bonchev–Trinajstić information content (AvgIpc) is 0. The minimum Gasteiger partial charge on any atom is -2.00 e. The van der Waals surface area contributed by atoms with Gasteiger partial charge in [-0.05, 0) is 0 Å². The molecule has 0 spiro atoms. The zero-order chi connectivity index (χ0) is 0. The molecule has 0 saturated heterocycles. The average molecular weight is 361 g/mol. The van der Waals surface area contributed by atoms with Crippen LogP contribution < -0.4 is 0 Å². The fraction of sp³-hybridized carbons (Fsp3) is 0. The first-order valence-electron chi connectivity index (χ1n) is 0. The van der Waals surface area contributed by atoms with Crippen molar-refractivity contribution in [2.24, 2.45) is 0 Å². The van der Waals surface area contributed by atoms with Crippen LogP contribution in [0.15, 0.2) is 0 Å². The van der Waals surface area contributed by atoms with Crippen molar-refractivity contribution in [3.05, 3.63) is 0 Å². The molecule has 0 aliphatic rings. The van der Waals surface area contributed by atoms with Crippen LogP contribution in [0.5, 0.6) is 0 Å². The van der Waals surface area contributed by atoms with Crippen molar-refractivity contribution in [2.45, 2.75) is 0 Å². The molecule has 4 nitrogen and oxygen atoms in total. The van der Waals surface area contributed by atoms with Crippen molar-refractivity contribution in [3.8, 4) is 0 Å². The molecule has 0 N–H and O–H groups in total. The fourth-order valence-electron chi connectivity index (χ4n) is 0. The molecular weight excluding hydrogens is 361 g/mol. The molecule has 0 fully saturated rings. The molecule has 0 saturated carbocycles. The third-order valence-corrected chi connectivity index (χ3v) is 0. The monoisotopic (exact) mass is 361 g/mol. The third-order valence-electron chi connectivity index (χ3n) is 0. The van der Waals surface area contributed by atoms with Crippen molar-refractivity contribution in [1.82, 2.24) is 0 Å². The summed E-state index contributed by atoms with van der Waals surface area (Å²) in [4.78, 5) is 0. The van der Waals surface area contributed by atoms with Crippen molar-refractivity contribution in [1.29, 1.82) is 0 Å². The minimum atomic E-state index is 0. The van der Waals surface area contributed by atoms with E-state index in [1.807, 2.05) is 0 Å². The van der Waals surface area contributed by atoms with Crippen LogP contribution in [0.2, 0.25) is 0 Å². The van der Waals surface area contributed by atoms with Crippen molar-refractivity contribution in [3.63, 3.8) is 0 Å². The van der Waals surface area contributed by atoms with Gasteiger partial charge in [-0.1, -0.05) is 0 Å². The molecule has 1 radical (unpaired) electrons. The first kappa shape index (κ1) is 155. The van der Waals surface area contributed by atoms with Crippen LogP contribution >= 0.6 is 0 Å². The van der Waals surface area contributed by atoms with Gasteiger partial charge in [0.05, 0.1) is 0 Å². The van der Waals surface area contributed by atoms with Crippen LogP contribution in [-0.2, 0) is 38.7 Å². The van der Waals surface area contributed by atoms with E-state index in [1.54, 1.807) is 0 Å². The Morgan fingerprint density at radius 3 is 0.500 bits per heavy atom. The predicted molar refractivity (Wildman–Crippen MR) is 2.75 cm³/mol. The van der Waals surface area contributed by atoms with Gasteiger partial charge in [-0.15, -0.1) is 0 Å². The molecule has 0 unspecified atom stereocenters. The SMILES string of the molecule is [Co+2].[O-2].[O-2].[O-2].[O-2].[U]. The van der Waals surface area contributed by atoms with Crippen LogP contribution in [0.3, 0.4) is 0 Å². The molecule has 0 aromatic carbocycles. The van der Waals surface area contributed by atoms with Crippen LogP contribution in [0.25, 0.3) is 0 Å². The Balaban J connectivity index is 0. The van der Waals surface area contributed by atoms with E-state index in [9.17, 15) is 0 Å². The van der Waals surface area contributed by atoms with E-state index < -0.39 is 0 Å². The Hall–Kier alpha value is 1.40. The summed E-state index contributed by atoms with van der Waals surface area (Å²) in [5, 5.41) is 0. The standard InChI is InChI=1S/Co.4O.U/q+2;4*-2;. The molecule has 0 heterocycles. The zero-order valence-corrected chi connectivity index (χ0v) is 7.67. The van der Waals surface area contributed by atoms with Crippen molar-refractivity contribution >= 4 is 0 Å². The van der Waals surface area contributed by atoms with Gasteiger partial charge in [0.2, 0.25) is 0 Å². The van der Waals surface area contributed by atoms with E-state index in [2.05, 4.69) is 0 Å². The second-order valence-electron chi connectivity index (χ2n) is 0. The van der Waals surface area contributed by atoms with Gasteiger partial charge < -0.3 is 21.9 Å². The predicted octanol–water partition coefficient (Wildman–Crippen LogP) is -0.478.